The van der Waals surface area contributed by atoms with Crippen LogP contribution >= 0.6 is 0 Å². The Bertz CT molecular complexity index is 654. The van der Waals surface area contributed by atoms with Gasteiger partial charge in [-0.2, -0.15) is 13.2 Å². The van der Waals surface area contributed by atoms with E-state index in [9.17, 15) is 22.8 Å². The van der Waals surface area contributed by atoms with E-state index in [0.717, 1.165) is 17.0 Å². The number of hydrogen-bond donors (Lipinski definition) is 1. The van der Waals surface area contributed by atoms with Gasteiger partial charge >= 0.3 is 12.3 Å². The summed E-state index contributed by atoms with van der Waals surface area (Å²) in [4.78, 5) is 25.3. The molecular weight excluding hydrogens is 361 g/mol. The van der Waals surface area contributed by atoms with Crippen molar-refractivity contribution >= 4 is 12.0 Å². The molecule has 8 heteroatoms. The Hall–Kier alpha value is -2.25. The van der Waals surface area contributed by atoms with Gasteiger partial charge < -0.3 is 15.0 Å². The minimum absolute atomic E-state index is 0.256. The minimum atomic E-state index is -4.45. The lowest BCUT2D eigenvalue weighted by Gasteiger charge is -2.25. The summed E-state index contributed by atoms with van der Waals surface area (Å²) in [7, 11) is 1.42. The summed E-state index contributed by atoms with van der Waals surface area (Å²) in [5, 5.41) is 2.71. The smallest absolute Gasteiger partial charge is 0.416 e. The quantitative estimate of drug-likeness (QED) is 0.779. The Morgan fingerprint density at radius 2 is 1.85 bits per heavy atom. The van der Waals surface area contributed by atoms with Crippen LogP contribution in [0.1, 0.15) is 57.7 Å². The summed E-state index contributed by atoms with van der Waals surface area (Å²) in [6, 6.07) is 4.33. The Morgan fingerprint density at radius 3 is 2.37 bits per heavy atom. The second kappa shape index (κ2) is 9.10. The van der Waals surface area contributed by atoms with Crippen LogP contribution in [0, 0.1) is 0 Å². The Balaban J connectivity index is 2.82. The third-order valence-electron chi connectivity index (χ3n) is 3.61. The fourth-order valence-corrected chi connectivity index (χ4v) is 2.40. The van der Waals surface area contributed by atoms with Crippen molar-refractivity contribution in [1.82, 2.24) is 10.2 Å². The van der Waals surface area contributed by atoms with Gasteiger partial charge in [-0.3, -0.25) is 4.79 Å². The van der Waals surface area contributed by atoms with E-state index in [4.69, 9.17) is 4.74 Å². The third-order valence-corrected chi connectivity index (χ3v) is 3.61. The second-order valence-corrected chi connectivity index (χ2v) is 7.37. The van der Waals surface area contributed by atoms with Gasteiger partial charge in [0.15, 0.2) is 0 Å². The molecule has 0 saturated heterocycles. The molecule has 1 aromatic carbocycles. The number of nitrogens with one attached hydrogen (secondary N) is 1. The van der Waals surface area contributed by atoms with Gasteiger partial charge in [0.05, 0.1) is 11.6 Å². The zero-order valence-corrected chi connectivity index (χ0v) is 16.3. The molecule has 1 aromatic rings. The Labute approximate surface area is 157 Å². The summed E-state index contributed by atoms with van der Waals surface area (Å²) in [6.07, 6.45) is -3.95. The maximum Gasteiger partial charge on any atom is 0.416 e. The fraction of sp³-hybridized carbons (Fsp3) is 0.579. The highest BCUT2D eigenvalue weighted by molar-refractivity contribution is 5.82. The van der Waals surface area contributed by atoms with Gasteiger partial charge in [0.1, 0.15) is 12.1 Å². The molecule has 0 aromatic heterocycles. The van der Waals surface area contributed by atoms with E-state index in [2.05, 4.69) is 5.32 Å². The van der Waals surface area contributed by atoms with Gasteiger partial charge in [0.25, 0.3) is 0 Å². The molecule has 0 saturated carbocycles. The van der Waals surface area contributed by atoms with E-state index in [0.29, 0.717) is 18.4 Å². The van der Waals surface area contributed by atoms with Crippen LogP contribution in [0.2, 0.25) is 0 Å². The molecule has 1 atom stereocenters. The van der Waals surface area contributed by atoms with Crippen LogP contribution < -0.4 is 5.32 Å². The van der Waals surface area contributed by atoms with Crippen molar-refractivity contribution in [2.24, 2.45) is 0 Å². The number of rotatable bonds is 6. The SMILES string of the molecule is CCC[C@H](NC(=O)CN(C)C(=O)OC(C)(C)C)c1cccc(C(F)(F)F)c1. The van der Waals surface area contributed by atoms with Crippen molar-refractivity contribution in [3.63, 3.8) is 0 Å². The number of benzene rings is 1. The fourth-order valence-electron chi connectivity index (χ4n) is 2.40. The molecule has 1 rings (SSSR count). The number of nitrogens with zero attached hydrogens (tertiary/aromatic N) is 1. The monoisotopic (exact) mass is 388 g/mol. The summed E-state index contributed by atoms with van der Waals surface area (Å²) in [6.45, 7) is 6.75. The van der Waals surface area contributed by atoms with Crippen LogP contribution in [-0.2, 0) is 15.7 Å². The lowest BCUT2D eigenvalue weighted by Crippen LogP contribution is -2.42. The molecule has 0 bridgehead atoms. The number of hydrogen-bond acceptors (Lipinski definition) is 3. The highest BCUT2D eigenvalue weighted by Crippen LogP contribution is 2.31. The van der Waals surface area contributed by atoms with Crippen molar-refractivity contribution < 1.29 is 27.5 Å². The normalized spacial score (nSPS) is 13.0. The molecule has 0 aliphatic carbocycles. The van der Waals surface area contributed by atoms with Gasteiger partial charge in [0, 0.05) is 7.05 Å². The molecular formula is C19H27F3N2O3. The van der Waals surface area contributed by atoms with Gasteiger partial charge in [-0.25, -0.2) is 4.79 Å². The van der Waals surface area contributed by atoms with Gasteiger partial charge in [-0.15, -0.1) is 0 Å². The predicted octanol–water partition coefficient (Wildman–Crippen LogP) is 4.53. The van der Waals surface area contributed by atoms with Crippen molar-refractivity contribution in [3.05, 3.63) is 35.4 Å². The Morgan fingerprint density at radius 1 is 1.22 bits per heavy atom. The first-order valence-electron chi connectivity index (χ1n) is 8.74. The standard InChI is InChI=1S/C19H27F3N2O3/c1-6-8-15(13-9-7-10-14(11-13)19(20,21)22)23-16(25)12-24(5)17(26)27-18(2,3)4/h7,9-11,15H,6,8,12H2,1-5H3,(H,23,25)/t15-/m0/s1. The number of amides is 2. The number of likely N-dealkylation sites (N-methyl/N-ethyl adjacent to an activating group) is 1. The van der Waals surface area contributed by atoms with Gasteiger partial charge in [0.2, 0.25) is 5.91 Å². The zero-order valence-electron chi connectivity index (χ0n) is 16.3. The number of carbonyl (C=O) groups excluding carboxylic acids is 2. The van der Waals surface area contributed by atoms with Crippen LogP contribution in [0.3, 0.4) is 0 Å². The minimum Gasteiger partial charge on any atom is -0.444 e. The molecule has 5 nitrogen and oxygen atoms in total. The van der Waals surface area contributed by atoms with E-state index in [1.165, 1.54) is 13.1 Å². The molecule has 2 amide bonds. The van der Waals surface area contributed by atoms with Crippen LogP contribution in [0.5, 0.6) is 0 Å². The van der Waals surface area contributed by atoms with Crippen LogP contribution in [-0.4, -0.2) is 36.1 Å². The number of halogens is 3. The molecule has 0 heterocycles. The van der Waals surface area contributed by atoms with Crippen molar-refractivity contribution in [2.75, 3.05) is 13.6 Å². The molecule has 0 aliphatic rings. The second-order valence-electron chi connectivity index (χ2n) is 7.37. The molecule has 0 aliphatic heterocycles. The largest absolute Gasteiger partial charge is 0.444 e. The van der Waals surface area contributed by atoms with E-state index < -0.39 is 35.4 Å². The average molecular weight is 388 g/mol. The van der Waals surface area contributed by atoms with Crippen LogP contribution in [0.15, 0.2) is 24.3 Å². The predicted molar refractivity (Wildman–Crippen MR) is 96.1 cm³/mol. The zero-order chi connectivity index (χ0) is 20.8. The van der Waals surface area contributed by atoms with E-state index in [1.54, 1.807) is 26.8 Å². The van der Waals surface area contributed by atoms with E-state index in [1.807, 2.05) is 6.92 Å². The molecule has 152 valence electrons. The van der Waals surface area contributed by atoms with Crippen LogP contribution in [0.25, 0.3) is 0 Å². The summed E-state index contributed by atoms with van der Waals surface area (Å²) in [5.74, 6) is -0.473. The lowest BCUT2D eigenvalue weighted by molar-refractivity contribution is -0.137. The highest BCUT2D eigenvalue weighted by atomic mass is 19.4. The molecule has 1 N–H and O–H groups in total. The van der Waals surface area contributed by atoms with E-state index >= 15 is 0 Å². The molecule has 0 fully saturated rings. The molecule has 0 unspecified atom stereocenters. The van der Waals surface area contributed by atoms with E-state index in [-0.39, 0.29) is 6.54 Å². The van der Waals surface area contributed by atoms with Crippen molar-refractivity contribution in [2.45, 2.75) is 58.4 Å². The van der Waals surface area contributed by atoms with Crippen LogP contribution in [0.4, 0.5) is 18.0 Å². The van der Waals surface area contributed by atoms with Crippen molar-refractivity contribution in [3.8, 4) is 0 Å². The third kappa shape index (κ3) is 7.88. The van der Waals surface area contributed by atoms with Gasteiger partial charge in [-0.05, 0) is 44.9 Å². The summed E-state index contributed by atoms with van der Waals surface area (Å²) >= 11 is 0. The maximum absolute atomic E-state index is 12.9. The first kappa shape index (κ1) is 22.8. The average Bonchev–Trinajstić information content (AvgIpc) is 2.52. The number of ether oxygens (including phenoxy) is 1. The van der Waals surface area contributed by atoms with Gasteiger partial charge in [-0.1, -0.05) is 25.5 Å². The van der Waals surface area contributed by atoms with Crippen molar-refractivity contribution in [1.29, 1.82) is 0 Å². The topological polar surface area (TPSA) is 58.6 Å². The maximum atomic E-state index is 12.9. The Kier molecular flexibility index (Phi) is 7.68. The first-order chi connectivity index (χ1) is 12.3. The lowest BCUT2D eigenvalue weighted by atomic mass is 10.00. The molecule has 0 spiro atoms. The molecule has 0 radical (unpaired) electrons. The highest BCUT2D eigenvalue weighted by Gasteiger charge is 2.31. The number of carbonyl (C=O) groups is 2. The first-order valence-corrected chi connectivity index (χ1v) is 8.74. The summed E-state index contributed by atoms with van der Waals surface area (Å²) < 4.78 is 44.0. The molecule has 27 heavy (non-hydrogen) atoms. The number of alkyl halides is 3. The summed E-state index contributed by atoms with van der Waals surface area (Å²) in [5.41, 5.74) is -1.08.